The molecule has 6 nitrogen and oxygen atoms in total. The van der Waals surface area contributed by atoms with Gasteiger partial charge in [0.05, 0.1) is 5.69 Å². The molecule has 27 heavy (non-hydrogen) atoms. The second-order valence-corrected chi connectivity index (χ2v) is 6.16. The van der Waals surface area contributed by atoms with Crippen LogP contribution < -0.4 is 4.74 Å². The number of ether oxygens (including phenoxy) is 1. The van der Waals surface area contributed by atoms with Crippen molar-refractivity contribution in [1.82, 2.24) is 9.88 Å². The number of aromatic carboxylic acids is 1. The summed E-state index contributed by atoms with van der Waals surface area (Å²) in [5, 5.41) is 20.2. The van der Waals surface area contributed by atoms with Crippen LogP contribution >= 0.6 is 0 Å². The maximum Gasteiger partial charge on any atom is 0.358 e. The zero-order valence-electron chi connectivity index (χ0n) is 14.5. The number of pyridine rings is 1. The summed E-state index contributed by atoms with van der Waals surface area (Å²) in [6, 6.07) is 7.96. The molecule has 0 unspecified atom stereocenters. The highest BCUT2D eigenvalue weighted by Gasteiger charge is 2.19. The first-order valence-corrected chi connectivity index (χ1v) is 7.93. The van der Waals surface area contributed by atoms with Gasteiger partial charge in [0.25, 0.3) is 0 Å². The Hall–Kier alpha value is -3.26. The number of nitrogens with zero attached hydrogens (tertiary/aromatic N) is 2. The molecule has 1 heterocycles. The van der Waals surface area contributed by atoms with E-state index in [-0.39, 0.29) is 16.9 Å². The molecular weight excluding hydrogens is 358 g/mol. The second-order valence-electron chi connectivity index (χ2n) is 6.16. The van der Waals surface area contributed by atoms with Crippen LogP contribution in [0.2, 0.25) is 0 Å². The Balaban J connectivity index is 2.14. The Morgan fingerprint density at radius 2 is 1.93 bits per heavy atom. The summed E-state index contributed by atoms with van der Waals surface area (Å²) < 4.78 is 32.6. The summed E-state index contributed by atoms with van der Waals surface area (Å²) in [7, 11) is 3.56. The lowest BCUT2D eigenvalue weighted by molar-refractivity contribution is 0.0687. The molecule has 2 aromatic carbocycles. The van der Waals surface area contributed by atoms with E-state index >= 15 is 0 Å². The standard InChI is InChI=1S/C19H16F2N2O4/c1-23(2)9-14-12-8-10(27-15-5-3-4-13(20)16(15)21)6-7-11(12)18(24)17(22-14)19(25)26/h3-8,24H,9H2,1-2H3,(H,25,26). The fourth-order valence-electron chi connectivity index (χ4n) is 2.67. The molecule has 0 aliphatic heterocycles. The molecule has 0 amide bonds. The van der Waals surface area contributed by atoms with E-state index in [2.05, 4.69) is 4.98 Å². The molecule has 0 saturated heterocycles. The van der Waals surface area contributed by atoms with E-state index < -0.39 is 29.0 Å². The van der Waals surface area contributed by atoms with E-state index in [1.165, 1.54) is 30.3 Å². The minimum Gasteiger partial charge on any atom is -0.505 e. The molecule has 0 radical (unpaired) electrons. The average molecular weight is 374 g/mol. The number of fused-ring (bicyclic) bond motifs is 1. The number of aromatic nitrogens is 1. The largest absolute Gasteiger partial charge is 0.505 e. The van der Waals surface area contributed by atoms with E-state index in [9.17, 15) is 23.8 Å². The summed E-state index contributed by atoms with van der Waals surface area (Å²) in [5.41, 5.74) is -0.0560. The van der Waals surface area contributed by atoms with E-state index in [1.54, 1.807) is 19.0 Å². The molecule has 3 aromatic rings. The first-order valence-electron chi connectivity index (χ1n) is 7.93. The normalized spacial score (nSPS) is 11.1. The van der Waals surface area contributed by atoms with Gasteiger partial charge in [-0.25, -0.2) is 14.2 Å². The summed E-state index contributed by atoms with van der Waals surface area (Å²) >= 11 is 0. The number of aromatic hydroxyl groups is 1. The zero-order chi connectivity index (χ0) is 19.7. The average Bonchev–Trinajstić information content (AvgIpc) is 2.60. The monoisotopic (exact) mass is 374 g/mol. The SMILES string of the molecule is CN(C)Cc1nc(C(=O)O)c(O)c2ccc(Oc3cccc(F)c3F)cc12. The lowest BCUT2D eigenvalue weighted by Crippen LogP contribution is -2.14. The van der Waals surface area contributed by atoms with Crippen LogP contribution in [0.1, 0.15) is 16.2 Å². The molecule has 0 spiro atoms. The molecule has 1 aromatic heterocycles. The van der Waals surface area contributed by atoms with Crippen LogP contribution in [0.25, 0.3) is 10.8 Å². The number of hydrogen-bond acceptors (Lipinski definition) is 5. The zero-order valence-corrected chi connectivity index (χ0v) is 14.5. The van der Waals surface area contributed by atoms with Gasteiger partial charge in [0.15, 0.2) is 23.0 Å². The van der Waals surface area contributed by atoms with Gasteiger partial charge in [-0.1, -0.05) is 6.07 Å². The van der Waals surface area contributed by atoms with Crippen molar-refractivity contribution in [3.05, 3.63) is 59.4 Å². The lowest BCUT2D eigenvalue weighted by atomic mass is 10.1. The molecular formula is C19H16F2N2O4. The van der Waals surface area contributed by atoms with Crippen LogP contribution in [0.3, 0.4) is 0 Å². The molecule has 0 atom stereocenters. The predicted octanol–water partition coefficient (Wildman–Crippen LogP) is 3.77. The number of carbonyl (C=O) groups is 1. The molecule has 0 saturated carbocycles. The molecule has 0 fully saturated rings. The van der Waals surface area contributed by atoms with Gasteiger partial charge in [-0.2, -0.15) is 4.39 Å². The molecule has 3 rings (SSSR count). The minimum absolute atomic E-state index is 0.191. The molecule has 0 aliphatic carbocycles. The molecule has 2 N–H and O–H groups in total. The lowest BCUT2D eigenvalue weighted by Gasteiger charge is -2.15. The highest BCUT2D eigenvalue weighted by Crippen LogP contribution is 2.34. The first kappa shape index (κ1) is 18.5. The van der Waals surface area contributed by atoms with Gasteiger partial charge >= 0.3 is 5.97 Å². The predicted molar refractivity (Wildman–Crippen MR) is 94.2 cm³/mol. The van der Waals surface area contributed by atoms with Gasteiger partial charge in [-0.3, -0.25) is 0 Å². The van der Waals surface area contributed by atoms with Crippen molar-refractivity contribution in [2.24, 2.45) is 0 Å². The number of rotatable bonds is 5. The van der Waals surface area contributed by atoms with Crippen LogP contribution in [0.15, 0.2) is 36.4 Å². The third kappa shape index (κ3) is 3.65. The van der Waals surface area contributed by atoms with E-state index in [4.69, 9.17) is 4.74 Å². The number of halogens is 2. The summed E-state index contributed by atoms with van der Waals surface area (Å²) in [4.78, 5) is 17.2. The van der Waals surface area contributed by atoms with Gasteiger partial charge in [0.2, 0.25) is 5.82 Å². The maximum atomic E-state index is 13.8. The van der Waals surface area contributed by atoms with Crippen molar-refractivity contribution in [3.8, 4) is 17.2 Å². The van der Waals surface area contributed by atoms with E-state index in [1.807, 2.05) is 0 Å². The van der Waals surface area contributed by atoms with Gasteiger partial charge < -0.3 is 19.8 Å². The highest BCUT2D eigenvalue weighted by atomic mass is 19.2. The second kappa shape index (κ2) is 7.16. The van der Waals surface area contributed by atoms with Gasteiger partial charge in [0.1, 0.15) is 5.75 Å². The van der Waals surface area contributed by atoms with Crippen molar-refractivity contribution in [2.75, 3.05) is 14.1 Å². The Labute approximate surface area is 153 Å². The van der Waals surface area contributed by atoms with Crippen molar-refractivity contribution in [2.45, 2.75) is 6.54 Å². The Morgan fingerprint density at radius 1 is 1.19 bits per heavy atom. The van der Waals surface area contributed by atoms with Crippen molar-refractivity contribution >= 4 is 16.7 Å². The third-order valence-electron chi connectivity index (χ3n) is 3.84. The van der Waals surface area contributed by atoms with Crippen LogP contribution in [-0.4, -0.2) is 40.2 Å². The number of carboxylic acids is 1. The van der Waals surface area contributed by atoms with Gasteiger partial charge in [0, 0.05) is 17.3 Å². The fourth-order valence-corrected chi connectivity index (χ4v) is 2.67. The summed E-state index contributed by atoms with van der Waals surface area (Å²) in [5.74, 6) is -4.07. The Bertz CT molecular complexity index is 1040. The molecule has 0 bridgehead atoms. The summed E-state index contributed by atoms with van der Waals surface area (Å²) in [6.45, 7) is 0.300. The van der Waals surface area contributed by atoms with E-state index in [0.29, 0.717) is 17.6 Å². The van der Waals surface area contributed by atoms with E-state index in [0.717, 1.165) is 6.07 Å². The first-order chi connectivity index (χ1) is 12.8. The topological polar surface area (TPSA) is 82.9 Å². The van der Waals surface area contributed by atoms with Crippen molar-refractivity contribution in [3.63, 3.8) is 0 Å². The van der Waals surface area contributed by atoms with Crippen LogP contribution in [0.5, 0.6) is 17.2 Å². The van der Waals surface area contributed by atoms with Crippen LogP contribution in [0, 0.1) is 11.6 Å². The maximum absolute atomic E-state index is 13.8. The fraction of sp³-hybridized carbons (Fsp3) is 0.158. The van der Waals surface area contributed by atoms with Gasteiger partial charge in [-0.15, -0.1) is 0 Å². The molecule has 0 aliphatic rings. The number of benzene rings is 2. The van der Waals surface area contributed by atoms with Crippen LogP contribution in [-0.2, 0) is 6.54 Å². The van der Waals surface area contributed by atoms with Crippen molar-refractivity contribution in [1.29, 1.82) is 0 Å². The van der Waals surface area contributed by atoms with Crippen LogP contribution in [0.4, 0.5) is 8.78 Å². The number of hydrogen-bond donors (Lipinski definition) is 2. The van der Waals surface area contributed by atoms with Gasteiger partial charge in [-0.05, 0) is 44.4 Å². The molecule has 140 valence electrons. The third-order valence-corrected chi connectivity index (χ3v) is 3.84. The van der Waals surface area contributed by atoms with Crippen molar-refractivity contribution < 1.29 is 28.5 Å². The Kier molecular flexibility index (Phi) is 4.91. The summed E-state index contributed by atoms with van der Waals surface area (Å²) in [6.07, 6.45) is 0. The highest BCUT2D eigenvalue weighted by molar-refractivity contribution is 5.99. The smallest absolute Gasteiger partial charge is 0.358 e. The number of carboxylic acid groups (broad SMARTS) is 1. The molecule has 8 heteroatoms. The Morgan fingerprint density at radius 3 is 2.59 bits per heavy atom. The quantitative estimate of drug-likeness (QED) is 0.707. The minimum atomic E-state index is -1.35.